The summed E-state index contributed by atoms with van der Waals surface area (Å²) in [6.07, 6.45) is -4.29. The lowest BCUT2D eigenvalue weighted by atomic mass is 10.1. The van der Waals surface area contributed by atoms with E-state index in [2.05, 4.69) is 14.5 Å². The summed E-state index contributed by atoms with van der Waals surface area (Å²) in [5.41, 5.74) is 3.96. The molecular formula is C10H10F4N2O3. The Labute approximate surface area is 105 Å². The molecule has 0 bridgehead atoms. The summed E-state index contributed by atoms with van der Waals surface area (Å²) in [7, 11) is 0. The zero-order chi connectivity index (χ0) is 14.6. The molecule has 1 rings (SSSR count). The van der Waals surface area contributed by atoms with Crippen molar-refractivity contribution in [2.24, 2.45) is 0 Å². The van der Waals surface area contributed by atoms with Crippen molar-refractivity contribution in [1.29, 1.82) is 0 Å². The minimum Gasteiger partial charge on any atom is -0.462 e. The molecule has 0 atom stereocenters. The average Bonchev–Trinajstić information content (AvgIpc) is 2.27. The van der Waals surface area contributed by atoms with Crippen molar-refractivity contribution in [3.63, 3.8) is 0 Å². The number of rotatable bonds is 4. The second-order valence-corrected chi connectivity index (χ2v) is 3.28. The molecule has 0 saturated carbocycles. The molecule has 0 aliphatic rings. The van der Waals surface area contributed by atoms with Gasteiger partial charge in [0.25, 0.3) is 0 Å². The van der Waals surface area contributed by atoms with Crippen molar-refractivity contribution >= 4 is 11.7 Å². The maximum absolute atomic E-state index is 12.5. The SMILES string of the molecule is CCOC(=O)c1c(OC(F)(F)F)ncc(CF)c1N. The fourth-order valence-electron chi connectivity index (χ4n) is 1.24. The number of hydrogen-bond donors (Lipinski definition) is 1. The highest BCUT2D eigenvalue weighted by Gasteiger charge is 2.35. The van der Waals surface area contributed by atoms with Crippen LogP contribution in [-0.2, 0) is 11.4 Å². The molecule has 9 heteroatoms. The van der Waals surface area contributed by atoms with E-state index in [4.69, 9.17) is 5.73 Å². The molecule has 0 amide bonds. The van der Waals surface area contributed by atoms with E-state index in [1.807, 2.05) is 0 Å². The van der Waals surface area contributed by atoms with E-state index in [-0.39, 0.29) is 12.2 Å². The molecule has 0 fully saturated rings. The summed E-state index contributed by atoms with van der Waals surface area (Å²) in [5, 5.41) is 0. The Hall–Kier alpha value is -2.06. The summed E-state index contributed by atoms with van der Waals surface area (Å²) in [5.74, 6) is -2.23. The van der Waals surface area contributed by atoms with Crippen LogP contribution in [0.5, 0.6) is 5.88 Å². The van der Waals surface area contributed by atoms with Crippen LogP contribution in [0, 0.1) is 0 Å². The smallest absolute Gasteiger partial charge is 0.462 e. The van der Waals surface area contributed by atoms with Gasteiger partial charge in [-0.05, 0) is 6.92 Å². The predicted molar refractivity (Wildman–Crippen MR) is 56.1 cm³/mol. The molecule has 5 nitrogen and oxygen atoms in total. The molecule has 106 valence electrons. The van der Waals surface area contributed by atoms with Crippen molar-refractivity contribution in [2.45, 2.75) is 20.0 Å². The third-order valence-corrected chi connectivity index (χ3v) is 2.00. The zero-order valence-electron chi connectivity index (χ0n) is 9.75. The highest BCUT2D eigenvalue weighted by Crippen LogP contribution is 2.30. The lowest BCUT2D eigenvalue weighted by molar-refractivity contribution is -0.276. The number of aromatic nitrogens is 1. The molecule has 1 aromatic heterocycles. The molecule has 0 saturated heterocycles. The van der Waals surface area contributed by atoms with Gasteiger partial charge in [-0.2, -0.15) is 0 Å². The van der Waals surface area contributed by atoms with Crippen LogP contribution in [0.4, 0.5) is 23.2 Å². The first kappa shape index (κ1) is 15.0. The fraction of sp³-hybridized carbons (Fsp3) is 0.400. The van der Waals surface area contributed by atoms with E-state index in [0.29, 0.717) is 0 Å². The number of nitrogen functional groups attached to an aromatic ring is 1. The van der Waals surface area contributed by atoms with Crippen molar-refractivity contribution in [2.75, 3.05) is 12.3 Å². The molecule has 0 spiro atoms. The van der Waals surface area contributed by atoms with E-state index in [9.17, 15) is 22.4 Å². The second kappa shape index (κ2) is 5.72. The van der Waals surface area contributed by atoms with Gasteiger partial charge < -0.3 is 15.2 Å². The Morgan fingerprint density at radius 1 is 1.47 bits per heavy atom. The van der Waals surface area contributed by atoms with Crippen LogP contribution in [0.15, 0.2) is 6.20 Å². The van der Waals surface area contributed by atoms with Crippen molar-refractivity contribution in [3.8, 4) is 5.88 Å². The van der Waals surface area contributed by atoms with Gasteiger partial charge >= 0.3 is 12.3 Å². The second-order valence-electron chi connectivity index (χ2n) is 3.28. The molecular weight excluding hydrogens is 272 g/mol. The third kappa shape index (κ3) is 3.70. The Balaban J connectivity index is 3.30. The van der Waals surface area contributed by atoms with Gasteiger partial charge in [-0.25, -0.2) is 14.2 Å². The minimum absolute atomic E-state index is 0.0937. The van der Waals surface area contributed by atoms with Gasteiger partial charge in [-0.15, -0.1) is 13.2 Å². The number of ether oxygens (including phenoxy) is 2. The highest BCUT2D eigenvalue weighted by molar-refractivity contribution is 5.98. The molecule has 2 N–H and O–H groups in total. The molecule has 19 heavy (non-hydrogen) atoms. The third-order valence-electron chi connectivity index (χ3n) is 2.00. The average molecular weight is 282 g/mol. The summed E-state index contributed by atoms with van der Waals surface area (Å²) in [6, 6.07) is 0. The van der Waals surface area contributed by atoms with E-state index in [0.717, 1.165) is 6.20 Å². The number of esters is 1. The van der Waals surface area contributed by atoms with Crippen LogP contribution in [0.3, 0.4) is 0 Å². The van der Waals surface area contributed by atoms with Gasteiger partial charge in [0.15, 0.2) is 0 Å². The zero-order valence-corrected chi connectivity index (χ0v) is 9.75. The summed E-state index contributed by atoms with van der Waals surface area (Å²) < 4.78 is 57.1. The largest absolute Gasteiger partial charge is 0.574 e. The normalized spacial score (nSPS) is 11.2. The van der Waals surface area contributed by atoms with Crippen molar-refractivity contribution in [3.05, 3.63) is 17.3 Å². The molecule has 0 aliphatic heterocycles. The van der Waals surface area contributed by atoms with Crippen LogP contribution < -0.4 is 10.5 Å². The van der Waals surface area contributed by atoms with E-state index >= 15 is 0 Å². The summed E-state index contributed by atoms with van der Waals surface area (Å²) >= 11 is 0. The first-order chi connectivity index (χ1) is 8.80. The first-order valence-corrected chi connectivity index (χ1v) is 5.06. The Kier molecular flexibility index (Phi) is 4.52. The van der Waals surface area contributed by atoms with Gasteiger partial charge in [-0.1, -0.05) is 0 Å². The van der Waals surface area contributed by atoms with Gasteiger partial charge in [0.2, 0.25) is 5.88 Å². The summed E-state index contributed by atoms with van der Waals surface area (Å²) in [6.45, 7) is 0.270. The van der Waals surface area contributed by atoms with Gasteiger partial charge in [0.05, 0.1) is 12.3 Å². The summed E-state index contributed by atoms with van der Waals surface area (Å²) in [4.78, 5) is 14.8. The molecule has 0 aliphatic carbocycles. The van der Waals surface area contributed by atoms with Crippen LogP contribution >= 0.6 is 0 Å². The number of hydrogen-bond acceptors (Lipinski definition) is 5. The van der Waals surface area contributed by atoms with Crippen molar-refractivity contribution < 1.29 is 31.8 Å². The number of nitrogens with zero attached hydrogens (tertiary/aromatic N) is 1. The lowest BCUT2D eigenvalue weighted by Gasteiger charge is -2.14. The number of pyridine rings is 1. The molecule has 0 unspecified atom stereocenters. The number of carbonyl (C=O) groups excluding carboxylic acids is 1. The van der Waals surface area contributed by atoms with Crippen LogP contribution in [0.2, 0.25) is 0 Å². The Bertz CT molecular complexity index is 477. The number of halogens is 4. The predicted octanol–water partition coefficient (Wildman–Crippen LogP) is 2.21. The van der Waals surface area contributed by atoms with Gasteiger partial charge in [0.1, 0.15) is 12.2 Å². The molecule has 1 heterocycles. The van der Waals surface area contributed by atoms with E-state index < -0.39 is 36.1 Å². The standard InChI is InChI=1S/C10H10F4N2O3/c1-2-18-9(17)6-7(15)5(3-11)4-16-8(6)19-10(12,13)14/h4H,2-3H2,1H3,(H2,15,16). The lowest BCUT2D eigenvalue weighted by Crippen LogP contribution is -2.22. The molecule has 0 radical (unpaired) electrons. The Morgan fingerprint density at radius 3 is 2.58 bits per heavy atom. The number of alkyl halides is 4. The fourth-order valence-corrected chi connectivity index (χ4v) is 1.24. The Morgan fingerprint density at radius 2 is 2.11 bits per heavy atom. The van der Waals surface area contributed by atoms with E-state index in [1.165, 1.54) is 6.92 Å². The first-order valence-electron chi connectivity index (χ1n) is 5.06. The topological polar surface area (TPSA) is 74.4 Å². The van der Waals surface area contributed by atoms with Crippen LogP contribution in [-0.4, -0.2) is 23.9 Å². The maximum Gasteiger partial charge on any atom is 0.574 e. The monoisotopic (exact) mass is 282 g/mol. The van der Waals surface area contributed by atoms with Gasteiger partial charge in [0, 0.05) is 11.8 Å². The maximum atomic E-state index is 12.5. The number of carbonyl (C=O) groups is 1. The minimum atomic E-state index is -5.06. The number of anilines is 1. The van der Waals surface area contributed by atoms with E-state index in [1.54, 1.807) is 0 Å². The number of nitrogens with two attached hydrogens (primary N) is 1. The molecule has 1 aromatic rings. The highest BCUT2D eigenvalue weighted by atomic mass is 19.4. The van der Waals surface area contributed by atoms with Crippen LogP contribution in [0.1, 0.15) is 22.8 Å². The van der Waals surface area contributed by atoms with Crippen LogP contribution in [0.25, 0.3) is 0 Å². The van der Waals surface area contributed by atoms with Gasteiger partial charge in [-0.3, -0.25) is 0 Å². The van der Waals surface area contributed by atoms with Crippen molar-refractivity contribution in [1.82, 2.24) is 4.98 Å². The molecule has 0 aromatic carbocycles. The quantitative estimate of drug-likeness (QED) is 0.677.